The summed E-state index contributed by atoms with van der Waals surface area (Å²) in [6.45, 7) is 7.64. The molecule has 3 nitrogen and oxygen atoms in total. The van der Waals surface area contributed by atoms with Gasteiger partial charge in [-0.2, -0.15) is 0 Å². The lowest BCUT2D eigenvalue weighted by Gasteiger charge is -2.15. The maximum Gasteiger partial charge on any atom is 0.564 e. The lowest BCUT2D eigenvalue weighted by Crippen LogP contribution is -2.34. The number of pyridine rings is 1. The van der Waals surface area contributed by atoms with Crippen molar-refractivity contribution >= 4 is 24.2 Å². The summed E-state index contributed by atoms with van der Waals surface area (Å²) >= 11 is 5.69. The van der Waals surface area contributed by atoms with Crippen LogP contribution in [0, 0.1) is 0 Å². The van der Waals surface area contributed by atoms with Gasteiger partial charge in [0.1, 0.15) is 10.8 Å². The molecule has 2 rings (SSSR count). The van der Waals surface area contributed by atoms with Gasteiger partial charge in [-0.15, -0.1) is 0 Å². The van der Waals surface area contributed by atoms with Crippen LogP contribution >= 0.6 is 11.6 Å². The molecule has 0 atom stereocenters. The SMILES string of the molecule is C=C1OB(c2ccc(Cl)nc2)OC1(C)C. The van der Waals surface area contributed by atoms with E-state index < -0.39 is 12.7 Å². The van der Waals surface area contributed by atoms with Crippen molar-refractivity contribution < 1.29 is 9.31 Å². The first-order valence-corrected chi connectivity index (χ1v) is 5.02. The molecule has 1 aliphatic heterocycles. The van der Waals surface area contributed by atoms with Gasteiger partial charge in [-0.25, -0.2) is 4.98 Å². The fourth-order valence-electron chi connectivity index (χ4n) is 1.29. The van der Waals surface area contributed by atoms with Crippen molar-refractivity contribution in [3.63, 3.8) is 0 Å². The predicted octanol–water partition coefficient (Wildman–Crippen LogP) is 1.77. The van der Waals surface area contributed by atoms with Crippen LogP contribution in [0.2, 0.25) is 5.15 Å². The van der Waals surface area contributed by atoms with Gasteiger partial charge in [0.25, 0.3) is 0 Å². The summed E-state index contributed by atoms with van der Waals surface area (Å²) in [4.78, 5) is 3.97. The maximum atomic E-state index is 5.69. The average Bonchev–Trinajstić information content (AvgIpc) is 2.42. The second kappa shape index (κ2) is 3.54. The molecular formula is C10H11BClNO2. The summed E-state index contributed by atoms with van der Waals surface area (Å²) in [7, 11) is -0.433. The third-order valence-corrected chi connectivity index (χ3v) is 2.57. The molecule has 0 spiro atoms. The van der Waals surface area contributed by atoms with Gasteiger partial charge < -0.3 is 9.31 Å². The van der Waals surface area contributed by atoms with E-state index >= 15 is 0 Å². The van der Waals surface area contributed by atoms with E-state index in [1.165, 1.54) is 0 Å². The Morgan fingerprint density at radius 3 is 2.67 bits per heavy atom. The summed E-state index contributed by atoms with van der Waals surface area (Å²) in [5, 5.41) is 0.454. The molecule has 1 fully saturated rings. The molecule has 1 aromatic heterocycles. The number of nitrogens with zero attached hydrogens (tertiary/aromatic N) is 1. The fourth-order valence-corrected chi connectivity index (χ4v) is 1.40. The van der Waals surface area contributed by atoms with E-state index in [1.807, 2.05) is 19.9 Å². The van der Waals surface area contributed by atoms with Gasteiger partial charge in [0.05, 0.1) is 5.76 Å². The van der Waals surface area contributed by atoms with Crippen LogP contribution in [0.1, 0.15) is 13.8 Å². The normalized spacial score (nSPS) is 19.1. The van der Waals surface area contributed by atoms with Crippen LogP contribution in [0.3, 0.4) is 0 Å². The molecule has 0 bridgehead atoms. The second-order valence-corrected chi connectivity index (χ2v) is 4.30. The minimum absolute atomic E-state index is 0.433. The minimum Gasteiger partial charge on any atom is -0.534 e. The molecule has 1 aromatic rings. The molecule has 1 aliphatic rings. The van der Waals surface area contributed by atoms with Crippen LogP contribution in [-0.2, 0) is 9.31 Å². The summed E-state index contributed by atoms with van der Waals surface area (Å²) in [5.74, 6) is 0.627. The van der Waals surface area contributed by atoms with Gasteiger partial charge in [-0.3, -0.25) is 0 Å². The van der Waals surface area contributed by atoms with Crippen LogP contribution in [-0.4, -0.2) is 17.7 Å². The van der Waals surface area contributed by atoms with E-state index in [0.717, 1.165) is 5.46 Å². The molecule has 1 saturated heterocycles. The quantitative estimate of drug-likeness (QED) is 0.537. The van der Waals surface area contributed by atoms with Gasteiger partial charge in [-0.1, -0.05) is 24.2 Å². The van der Waals surface area contributed by atoms with Crippen molar-refractivity contribution in [3.05, 3.63) is 35.8 Å². The third-order valence-electron chi connectivity index (χ3n) is 2.34. The van der Waals surface area contributed by atoms with Gasteiger partial charge in [0.2, 0.25) is 0 Å². The number of halogens is 1. The number of hydrogen-bond acceptors (Lipinski definition) is 3. The standard InChI is InChI=1S/C10H11BClNO2/c1-7-10(2,3)15-11(14-7)8-4-5-9(12)13-6-8/h4-6H,1H2,2-3H3. The monoisotopic (exact) mass is 223 g/mol. The smallest absolute Gasteiger partial charge is 0.534 e. The van der Waals surface area contributed by atoms with E-state index in [0.29, 0.717) is 10.9 Å². The first kappa shape index (κ1) is 10.5. The van der Waals surface area contributed by atoms with Gasteiger partial charge >= 0.3 is 7.12 Å². The molecule has 2 heterocycles. The van der Waals surface area contributed by atoms with E-state index in [2.05, 4.69) is 11.6 Å². The Morgan fingerprint density at radius 2 is 2.20 bits per heavy atom. The Kier molecular flexibility index (Phi) is 2.48. The van der Waals surface area contributed by atoms with Crippen molar-refractivity contribution in [2.24, 2.45) is 0 Å². The lowest BCUT2D eigenvalue weighted by atomic mass is 9.80. The fraction of sp³-hybridized carbons (Fsp3) is 0.300. The molecule has 0 aliphatic carbocycles. The molecule has 0 N–H and O–H groups in total. The molecule has 0 aromatic carbocycles. The molecule has 0 saturated carbocycles. The Hall–Kier alpha value is -0.995. The zero-order valence-electron chi connectivity index (χ0n) is 8.66. The van der Waals surface area contributed by atoms with E-state index in [4.69, 9.17) is 20.9 Å². The van der Waals surface area contributed by atoms with Gasteiger partial charge in [0.15, 0.2) is 0 Å². The Balaban J connectivity index is 2.21. The van der Waals surface area contributed by atoms with Crippen LogP contribution in [0.5, 0.6) is 0 Å². The largest absolute Gasteiger partial charge is 0.564 e. The maximum absolute atomic E-state index is 5.69. The number of rotatable bonds is 1. The van der Waals surface area contributed by atoms with Crippen LogP contribution in [0.4, 0.5) is 0 Å². The highest BCUT2D eigenvalue weighted by atomic mass is 35.5. The average molecular weight is 223 g/mol. The van der Waals surface area contributed by atoms with E-state index in [1.54, 1.807) is 12.3 Å². The van der Waals surface area contributed by atoms with Crippen molar-refractivity contribution in [3.8, 4) is 0 Å². The summed E-state index contributed by atoms with van der Waals surface area (Å²) < 4.78 is 11.2. The van der Waals surface area contributed by atoms with Crippen LogP contribution in [0.15, 0.2) is 30.7 Å². The molecule has 5 heteroatoms. The third kappa shape index (κ3) is 2.01. The van der Waals surface area contributed by atoms with Gasteiger partial charge in [-0.05, 0) is 19.9 Å². The second-order valence-electron chi connectivity index (χ2n) is 3.92. The summed E-state index contributed by atoms with van der Waals surface area (Å²) in [6.07, 6.45) is 1.64. The molecule has 15 heavy (non-hydrogen) atoms. The highest BCUT2D eigenvalue weighted by Gasteiger charge is 2.42. The Bertz CT molecular complexity index is 391. The Morgan fingerprint density at radius 1 is 1.47 bits per heavy atom. The molecule has 0 amide bonds. The molecule has 0 radical (unpaired) electrons. The zero-order valence-corrected chi connectivity index (χ0v) is 9.41. The summed E-state index contributed by atoms with van der Waals surface area (Å²) in [6, 6.07) is 3.53. The van der Waals surface area contributed by atoms with Crippen LogP contribution < -0.4 is 5.46 Å². The van der Waals surface area contributed by atoms with Crippen molar-refractivity contribution in [1.82, 2.24) is 4.98 Å². The topological polar surface area (TPSA) is 31.4 Å². The van der Waals surface area contributed by atoms with Crippen LogP contribution in [0.25, 0.3) is 0 Å². The van der Waals surface area contributed by atoms with E-state index in [-0.39, 0.29) is 0 Å². The van der Waals surface area contributed by atoms with Crippen molar-refractivity contribution in [1.29, 1.82) is 0 Å². The predicted molar refractivity (Wildman–Crippen MR) is 60.0 cm³/mol. The zero-order chi connectivity index (χ0) is 11.1. The molecular weight excluding hydrogens is 212 g/mol. The van der Waals surface area contributed by atoms with Crippen molar-refractivity contribution in [2.45, 2.75) is 19.4 Å². The first-order valence-electron chi connectivity index (χ1n) is 4.64. The van der Waals surface area contributed by atoms with Crippen molar-refractivity contribution in [2.75, 3.05) is 0 Å². The summed E-state index contributed by atoms with van der Waals surface area (Å²) in [5.41, 5.74) is 0.385. The Labute approximate surface area is 94.2 Å². The molecule has 78 valence electrons. The highest BCUT2D eigenvalue weighted by molar-refractivity contribution is 6.62. The van der Waals surface area contributed by atoms with Gasteiger partial charge in [0, 0.05) is 11.7 Å². The first-order chi connectivity index (χ1) is 6.99. The number of aromatic nitrogens is 1. The molecule has 0 unspecified atom stereocenters. The van der Waals surface area contributed by atoms with E-state index in [9.17, 15) is 0 Å². The number of hydrogen-bond donors (Lipinski definition) is 0. The minimum atomic E-state index is -0.454. The highest BCUT2D eigenvalue weighted by Crippen LogP contribution is 2.28. The lowest BCUT2D eigenvalue weighted by molar-refractivity contribution is 0.173.